The average molecular weight is 1340 g/mol. The fraction of sp³-hybridized carbons (Fsp3) is 0.600. The Morgan fingerprint density at radius 3 is 1.95 bits per heavy atom. The largest absolute Gasteiger partial charge is 0.508 e. The van der Waals surface area contributed by atoms with Crippen LogP contribution in [0.25, 0.3) is 0 Å². The van der Waals surface area contributed by atoms with E-state index in [-0.39, 0.29) is 87.2 Å². The van der Waals surface area contributed by atoms with Crippen LogP contribution in [0.4, 0.5) is 4.79 Å². The molecule has 0 spiro atoms. The number of hydrogen-bond donors (Lipinski definition) is 13. The van der Waals surface area contributed by atoms with Crippen molar-refractivity contribution in [2.45, 2.75) is 183 Å². The highest BCUT2D eigenvalue weighted by Crippen LogP contribution is 2.33. The Hall–Kier alpha value is -8.19. The number of nitrogens with zero attached hydrogens (tertiary/aromatic N) is 4. The zero-order valence-corrected chi connectivity index (χ0v) is 55.4. The lowest BCUT2D eigenvalue weighted by Gasteiger charge is -2.28. The van der Waals surface area contributed by atoms with Crippen molar-refractivity contribution in [3.05, 3.63) is 95.8 Å². The number of aromatic nitrogens is 5. The number of thioether (sulfide) groups is 1. The summed E-state index contributed by atoms with van der Waals surface area (Å²) in [6, 6.07) is 6.75. The number of urea groups is 1. The molecule has 2 aromatic heterocycles. The van der Waals surface area contributed by atoms with Crippen LogP contribution in [0, 0.1) is 5.92 Å². The number of nitrogens with two attached hydrogens (primary N) is 1. The topological polar surface area (TPSA) is 407 Å². The Morgan fingerprint density at radius 2 is 1.28 bits per heavy atom. The predicted molar refractivity (Wildman–Crippen MR) is 353 cm³/mol. The van der Waals surface area contributed by atoms with E-state index in [4.69, 9.17) is 19.9 Å². The Labute approximate surface area is 558 Å². The van der Waals surface area contributed by atoms with Crippen LogP contribution in [0.5, 0.6) is 5.75 Å². The van der Waals surface area contributed by atoms with Gasteiger partial charge in [-0.3, -0.25) is 43.0 Å². The van der Waals surface area contributed by atoms with E-state index in [0.29, 0.717) is 113 Å². The molecule has 2 bridgehead atoms. The van der Waals surface area contributed by atoms with Gasteiger partial charge < -0.3 is 83.2 Å². The van der Waals surface area contributed by atoms with Gasteiger partial charge in [0.15, 0.2) is 0 Å². The minimum absolute atomic E-state index is 0.0184. The highest BCUT2D eigenvalue weighted by atomic mass is 32.2. The van der Waals surface area contributed by atoms with Gasteiger partial charge in [-0.25, -0.2) is 9.78 Å². The number of fused-ring (bicyclic) bond motifs is 3. The summed E-state index contributed by atoms with van der Waals surface area (Å²) in [6.45, 7) is 8.60. The van der Waals surface area contributed by atoms with Gasteiger partial charge in [0.1, 0.15) is 42.0 Å². The fourth-order valence-electron chi connectivity index (χ4n) is 11.2. The third-order valence-corrected chi connectivity index (χ3v) is 17.9. The van der Waals surface area contributed by atoms with Crippen LogP contribution in [0.1, 0.15) is 114 Å². The lowest BCUT2D eigenvalue weighted by Crippen LogP contribution is -2.60. The van der Waals surface area contributed by atoms with Gasteiger partial charge in [0.2, 0.25) is 47.3 Å². The molecule has 0 unspecified atom stereocenters. The highest BCUT2D eigenvalue weighted by molar-refractivity contribution is 8.00. The van der Waals surface area contributed by atoms with Gasteiger partial charge in [-0.1, -0.05) is 74.9 Å². The van der Waals surface area contributed by atoms with Crippen molar-refractivity contribution in [2.24, 2.45) is 11.7 Å². The number of H-pyrrole nitrogens is 1. The quantitative estimate of drug-likeness (QED) is 0.0262. The lowest BCUT2D eigenvalue weighted by molar-refractivity contribution is -0.135. The first-order valence-electron chi connectivity index (χ1n) is 33.1. The standard InChI is InChI=1S/C65H96N16O13S/c1-4-48-60(86)76-53(36-44-37-67-40-70-44)64(90)72-49(59(85)69-24-13-27-93-29-31-94-30-28-92-26-12-23-68-56(83)18-9-8-17-55-57-54(39-95-55)77-65(91)78-57)16-10-11-25-81-38-45(79-80-81)35-47(66)58(84)73-51(33-42-14-6-5-7-15-42)62(88)75-52(34-43-19-21-46(82)22-20-43)63(89)74-50(32-41(2)3)61(87)71-48/h5-7,14-15,19-22,37-38,40-41,47-55,57,82H,4,8-13,16-18,23-36,39,66H2,1-3H3,(H,67,70)(H,68,83)(H,69,85)(H,71,87)(H,72,90)(H,73,84)(H,74,89)(H,75,88)(H,76,86)(H2,77,78,91)/t47-,48-,49-,50-,51-,52-,53-,54+,55+,57+/m0/s1. The molecule has 10 atom stereocenters. The Morgan fingerprint density at radius 1 is 0.684 bits per heavy atom. The monoisotopic (exact) mass is 1340 g/mol. The van der Waals surface area contributed by atoms with Gasteiger partial charge in [0.25, 0.3) is 0 Å². The van der Waals surface area contributed by atoms with Gasteiger partial charge >= 0.3 is 6.03 Å². The molecule has 520 valence electrons. The van der Waals surface area contributed by atoms with Crippen LogP contribution in [0.3, 0.4) is 0 Å². The van der Waals surface area contributed by atoms with Crippen molar-refractivity contribution < 1.29 is 62.5 Å². The van der Waals surface area contributed by atoms with Crippen LogP contribution in [-0.2, 0) is 84.8 Å². The number of rotatable bonds is 29. The van der Waals surface area contributed by atoms with Crippen LogP contribution < -0.4 is 58.9 Å². The van der Waals surface area contributed by atoms with Crippen molar-refractivity contribution >= 4 is 65.1 Å². The third kappa shape index (κ3) is 25.8. The molecule has 30 heteroatoms. The molecule has 0 saturated carbocycles. The number of nitrogens with one attached hydrogen (secondary N) is 11. The smallest absolute Gasteiger partial charge is 0.315 e. The molecule has 29 nitrogen and oxygen atoms in total. The first kappa shape index (κ1) is 74.2. The zero-order chi connectivity index (χ0) is 67.9. The number of aromatic hydroxyl groups is 1. The number of amides is 10. The van der Waals surface area contributed by atoms with E-state index >= 15 is 0 Å². The number of benzene rings is 2. The molecular formula is C65H96N16O13S. The van der Waals surface area contributed by atoms with Crippen molar-refractivity contribution in [2.75, 3.05) is 58.5 Å². The predicted octanol–water partition coefficient (Wildman–Crippen LogP) is 0.642. The number of hydrogen-bond acceptors (Lipinski definition) is 18. The minimum Gasteiger partial charge on any atom is -0.508 e. The third-order valence-electron chi connectivity index (χ3n) is 16.4. The van der Waals surface area contributed by atoms with Gasteiger partial charge in [-0.05, 0) is 87.0 Å². The van der Waals surface area contributed by atoms with E-state index in [0.717, 1.165) is 25.0 Å². The molecule has 95 heavy (non-hydrogen) atoms. The van der Waals surface area contributed by atoms with E-state index in [9.17, 15) is 48.3 Å². The molecule has 14 N–H and O–H groups in total. The van der Waals surface area contributed by atoms with E-state index in [2.05, 4.69) is 73.4 Å². The van der Waals surface area contributed by atoms with E-state index < -0.39 is 83.6 Å². The molecule has 3 aliphatic heterocycles. The summed E-state index contributed by atoms with van der Waals surface area (Å²) in [6.07, 6.45) is 9.95. The SMILES string of the molecule is CC[C@@H]1NC(=O)[C@H](CC(C)C)NC(=O)[C@H](Cc2ccc(O)cc2)NC(=O)[C@H](Cc2ccccc2)NC(=O)[C@@H](N)Cc2cn(nn2)CCCC[C@@H](C(=O)NCCCOCCOCCOCCCNC(=O)CCCC[C@H]2SC[C@H]3NC(=O)N[C@H]32)NC(=O)[C@H](Cc2c[nH]cn2)NC1=O. The van der Waals surface area contributed by atoms with Crippen LogP contribution >= 0.6 is 11.8 Å². The maximum Gasteiger partial charge on any atom is 0.315 e. The van der Waals surface area contributed by atoms with Crippen molar-refractivity contribution in [3.8, 4) is 5.75 Å². The maximum atomic E-state index is 14.6. The summed E-state index contributed by atoms with van der Waals surface area (Å²) in [5.41, 5.74) is 8.55. The first-order chi connectivity index (χ1) is 45.9. The minimum atomic E-state index is -1.33. The summed E-state index contributed by atoms with van der Waals surface area (Å²) < 4.78 is 18.6. The molecule has 0 aliphatic carbocycles. The zero-order valence-electron chi connectivity index (χ0n) is 54.6. The number of carbonyl (C=O) groups is 9. The van der Waals surface area contributed by atoms with Crippen LogP contribution in [0.15, 0.2) is 73.3 Å². The summed E-state index contributed by atoms with van der Waals surface area (Å²) in [7, 11) is 0. The molecule has 2 aromatic carbocycles. The summed E-state index contributed by atoms with van der Waals surface area (Å²) >= 11 is 1.88. The summed E-state index contributed by atoms with van der Waals surface area (Å²) in [5, 5.41) is 47.6. The number of carbonyl (C=O) groups excluding carboxylic acids is 9. The van der Waals surface area contributed by atoms with Crippen LogP contribution in [0.2, 0.25) is 0 Å². The second-order valence-electron chi connectivity index (χ2n) is 24.6. The van der Waals surface area contributed by atoms with Gasteiger partial charge in [-0.15, -0.1) is 5.10 Å². The number of phenols is 1. The van der Waals surface area contributed by atoms with Crippen molar-refractivity contribution in [1.82, 2.24) is 78.1 Å². The number of unbranched alkanes of at least 4 members (excludes halogenated alkanes) is 1. The van der Waals surface area contributed by atoms with Gasteiger partial charge in [0, 0.05) is 88.3 Å². The summed E-state index contributed by atoms with van der Waals surface area (Å²) in [4.78, 5) is 131. The molecular weight excluding hydrogens is 1240 g/mol. The molecule has 10 amide bonds. The number of ether oxygens (including phenoxy) is 3. The number of phenolic OH excluding ortho intramolecular Hbond substituents is 1. The second-order valence-corrected chi connectivity index (χ2v) is 25.8. The molecule has 2 saturated heterocycles. The number of imidazole rings is 1. The van der Waals surface area contributed by atoms with Gasteiger partial charge in [-0.2, -0.15) is 11.8 Å². The molecule has 2 fully saturated rings. The molecule has 7 rings (SSSR count). The van der Waals surface area contributed by atoms with Crippen molar-refractivity contribution in [1.29, 1.82) is 0 Å². The number of aromatic amines is 1. The Bertz CT molecular complexity index is 3070. The summed E-state index contributed by atoms with van der Waals surface area (Å²) in [5.74, 6) is -3.97. The van der Waals surface area contributed by atoms with E-state index in [1.54, 1.807) is 60.4 Å². The number of aryl methyl sites for hydroxylation is 1. The fourth-order valence-corrected chi connectivity index (χ4v) is 12.8. The first-order valence-corrected chi connectivity index (χ1v) is 34.2. The molecule has 3 aliphatic rings. The molecule has 5 heterocycles. The Kier molecular flexibility index (Phi) is 31.0. The normalized spacial score (nSPS) is 23.6. The lowest BCUT2D eigenvalue weighted by atomic mass is 9.99. The highest BCUT2D eigenvalue weighted by Gasteiger charge is 2.43. The second kappa shape index (κ2) is 39.6. The van der Waals surface area contributed by atoms with Crippen LogP contribution in [-0.4, -0.2) is 201 Å². The van der Waals surface area contributed by atoms with Gasteiger partial charge in [0.05, 0.1) is 62.3 Å². The molecule has 4 aromatic rings. The van der Waals surface area contributed by atoms with E-state index in [1.807, 2.05) is 31.7 Å². The van der Waals surface area contributed by atoms with E-state index in [1.165, 1.54) is 18.5 Å². The molecule has 0 radical (unpaired) electrons. The Balaban J connectivity index is 0.935. The maximum absolute atomic E-state index is 14.6. The van der Waals surface area contributed by atoms with Crippen molar-refractivity contribution in [3.63, 3.8) is 0 Å². The average Bonchev–Trinajstić information content (AvgIpc) is 1.71.